The molecule has 1 aromatic rings. The highest BCUT2D eigenvalue weighted by atomic mass is 16.6. The SMILES string of the molecule is COCCN(CCC#N)c1ccc([N+](=O)[O-])cc1C. The molecule has 19 heavy (non-hydrogen) atoms. The Balaban J connectivity index is 2.94. The molecule has 0 radical (unpaired) electrons. The van der Waals surface area contributed by atoms with E-state index in [1.54, 1.807) is 19.2 Å². The normalized spacial score (nSPS) is 9.95. The Bertz CT molecular complexity index is 483. The zero-order chi connectivity index (χ0) is 14.3. The third-order valence-corrected chi connectivity index (χ3v) is 2.79. The minimum Gasteiger partial charge on any atom is -0.383 e. The molecule has 0 fully saturated rings. The van der Waals surface area contributed by atoms with Gasteiger partial charge in [0.05, 0.1) is 24.0 Å². The topological polar surface area (TPSA) is 79.4 Å². The lowest BCUT2D eigenvalue weighted by Crippen LogP contribution is -2.28. The maximum absolute atomic E-state index is 10.7. The van der Waals surface area contributed by atoms with E-state index in [1.165, 1.54) is 6.07 Å². The monoisotopic (exact) mass is 263 g/mol. The van der Waals surface area contributed by atoms with E-state index in [2.05, 4.69) is 6.07 Å². The molecule has 0 spiro atoms. The minimum absolute atomic E-state index is 0.0771. The zero-order valence-corrected chi connectivity index (χ0v) is 11.1. The number of hydrogen-bond donors (Lipinski definition) is 0. The number of nitrogens with zero attached hydrogens (tertiary/aromatic N) is 3. The molecule has 0 bridgehead atoms. The lowest BCUT2D eigenvalue weighted by atomic mass is 10.1. The number of nitriles is 1. The number of ether oxygens (including phenoxy) is 1. The molecule has 0 aliphatic rings. The fraction of sp³-hybridized carbons (Fsp3) is 0.462. The number of methoxy groups -OCH3 is 1. The summed E-state index contributed by atoms with van der Waals surface area (Å²) in [6.07, 6.45) is 0.403. The summed E-state index contributed by atoms with van der Waals surface area (Å²) in [6, 6.07) is 6.85. The van der Waals surface area contributed by atoms with Gasteiger partial charge in [-0.2, -0.15) is 5.26 Å². The van der Waals surface area contributed by atoms with Crippen LogP contribution in [0.4, 0.5) is 11.4 Å². The smallest absolute Gasteiger partial charge is 0.269 e. The average Bonchev–Trinajstić information content (AvgIpc) is 2.39. The Labute approximate surface area is 112 Å². The maximum atomic E-state index is 10.7. The Hall–Kier alpha value is -2.13. The van der Waals surface area contributed by atoms with Crippen LogP contribution in [-0.2, 0) is 4.74 Å². The molecular formula is C13H17N3O3. The molecule has 0 saturated carbocycles. The summed E-state index contributed by atoms with van der Waals surface area (Å²) in [4.78, 5) is 12.3. The van der Waals surface area contributed by atoms with Crippen LogP contribution >= 0.6 is 0 Å². The van der Waals surface area contributed by atoms with E-state index >= 15 is 0 Å². The number of benzene rings is 1. The van der Waals surface area contributed by atoms with Gasteiger partial charge < -0.3 is 9.64 Å². The van der Waals surface area contributed by atoms with Gasteiger partial charge in [0.25, 0.3) is 5.69 Å². The molecule has 0 heterocycles. The van der Waals surface area contributed by atoms with Crippen LogP contribution in [0, 0.1) is 28.4 Å². The van der Waals surface area contributed by atoms with Crippen LogP contribution in [-0.4, -0.2) is 31.7 Å². The van der Waals surface area contributed by atoms with Crippen molar-refractivity contribution in [3.63, 3.8) is 0 Å². The van der Waals surface area contributed by atoms with Gasteiger partial charge in [0.1, 0.15) is 0 Å². The van der Waals surface area contributed by atoms with E-state index in [-0.39, 0.29) is 5.69 Å². The van der Waals surface area contributed by atoms with Crippen molar-refractivity contribution in [3.05, 3.63) is 33.9 Å². The van der Waals surface area contributed by atoms with Crippen LogP contribution in [0.1, 0.15) is 12.0 Å². The molecule has 1 aromatic carbocycles. The highest BCUT2D eigenvalue weighted by Gasteiger charge is 2.13. The standard InChI is InChI=1S/C13H17N3O3/c1-11-10-12(16(17)18)4-5-13(11)15(7-3-6-14)8-9-19-2/h4-5,10H,3,7-9H2,1-2H3. The van der Waals surface area contributed by atoms with Crippen molar-refractivity contribution in [2.75, 3.05) is 31.7 Å². The highest BCUT2D eigenvalue weighted by Crippen LogP contribution is 2.24. The number of nitro groups is 1. The molecule has 102 valence electrons. The number of aryl methyl sites for hydroxylation is 1. The molecule has 6 heteroatoms. The zero-order valence-electron chi connectivity index (χ0n) is 11.1. The van der Waals surface area contributed by atoms with Crippen LogP contribution in [0.3, 0.4) is 0 Å². The van der Waals surface area contributed by atoms with Crippen molar-refractivity contribution in [2.45, 2.75) is 13.3 Å². The van der Waals surface area contributed by atoms with E-state index in [0.717, 1.165) is 11.3 Å². The molecule has 0 aromatic heterocycles. The number of hydrogen-bond acceptors (Lipinski definition) is 5. The second-order valence-electron chi connectivity index (χ2n) is 4.12. The summed E-state index contributed by atoms with van der Waals surface area (Å²) in [5.41, 5.74) is 1.80. The Kier molecular flexibility index (Phi) is 5.76. The molecular weight excluding hydrogens is 246 g/mol. The fourth-order valence-corrected chi connectivity index (χ4v) is 1.85. The lowest BCUT2D eigenvalue weighted by Gasteiger charge is -2.25. The Morgan fingerprint density at radius 2 is 2.21 bits per heavy atom. The molecule has 1 rings (SSSR count). The maximum Gasteiger partial charge on any atom is 0.269 e. The van der Waals surface area contributed by atoms with E-state index in [1.807, 2.05) is 11.8 Å². The van der Waals surface area contributed by atoms with Gasteiger partial charge in [-0.15, -0.1) is 0 Å². The fourth-order valence-electron chi connectivity index (χ4n) is 1.85. The first-order chi connectivity index (χ1) is 9.10. The van der Waals surface area contributed by atoms with E-state index in [4.69, 9.17) is 10.00 Å². The minimum atomic E-state index is -0.411. The number of anilines is 1. The molecule has 0 N–H and O–H groups in total. The first-order valence-corrected chi connectivity index (χ1v) is 5.96. The predicted molar refractivity (Wildman–Crippen MR) is 72.2 cm³/mol. The second kappa shape index (κ2) is 7.34. The van der Waals surface area contributed by atoms with E-state index in [9.17, 15) is 10.1 Å². The molecule has 0 aliphatic heterocycles. The summed E-state index contributed by atoms with van der Waals surface area (Å²) in [6.45, 7) is 3.60. The second-order valence-corrected chi connectivity index (χ2v) is 4.12. The predicted octanol–water partition coefficient (Wildman–Crippen LogP) is 2.27. The van der Waals surface area contributed by atoms with Gasteiger partial charge in [0.15, 0.2) is 0 Å². The first-order valence-electron chi connectivity index (χ1n) is 5.96. The third kappa shape index (κ3) is 4.23. The van der Waals surface area contributed by atoms with Gasteiger partial charge in [-0.25, -0.2) is 0 Å². The van der Waals surface area contributed by atoms with Crippen LogP contribution in [0.15, 0.2) is 18.2 Å². The summed E-state index contributed by atoms with van der Waals surface area (Å²) in [5.74, 6) is 0. The Morgan fingerprint density at radius 3 is 2.74 bits per heavy atom. The molecule has 0 saturated heterocycles. The average molecular weight is 263 g/mol. The molecule has 0 atom stereocenters. The van der Waals surface area contributed by atoms with Crippen molar-refractivity contribution < 1.29 is 9.66 Å². The van der Waals surface area contributed by atoms with Crippen LogP contribution < -0.4 is 4.90 Å². The van der Waals surface area contributed by atoms with Crippen molar-refractivity contribution in [1.29, 1.82) is 5.26 Å². The van der Waals surface area contributed by atoms with Gasteiger partial charge in [-0.05, 0) is 18.6 Å². The molecule has 6 nitrogen and oxygen atoms in total. The van der Waals surface area contributed by atoms with Crippen molar-refractivity contribution >= 4 is 11.4 Å². The van der Waals surface area contributed by atoms with E-state index < -0.39 is 4.92 Å². The number of non-ortho nitro benzene ring substituents is 1. The quantitative estimate of drug-likeness (QED) is 0.557. The van der Waals surface area contributed by atoms with Crippen molar-refractivity contribution in [3.8, 4) is 6.07 Å². The van der Waals surface area contributed by atoms with Gasteiger partial charge >= 0.3 is 0 Å². The summed E-state index contributed by atoms with van der Waals surface area (Å²) < 4.78 is 5.04. The number of nitro benzene ring substituents is 1. The van der Waals surface area contributed by atoms with Crippen molar-refractivity contribution in [1.82, 2.24) is 0 Å². The van der Waals surface area contributed by atoms with Gasteiger partial charge in [-0.1, -0.05) is 0 Å². The van der Waals surface area contributed by atoms with Crippen LogP contribution in [0.2, 0.25) is 0 Å². The Morgan fingerprint density at radius 1 is 1.47 bits per heavy atom. The van der Waals surface area contributed by atoms with Crippen LogP contribution in [0.25, 0.3) is 0 Å². The summed E-state index contributed by atoms with van der Waals surface area (Å²) >= 11 is 0. The number of rotatable bonds is 7. The highest BCUT2D eigenvalue weighted by molar-refractivity contribution is 5.57. The molecule has 0 amide bonds. The lowest BCUT2D eigenvalue weighted by molar-refractivity contribution is -0.384. The first kappa shape index (κ1) is 14.9. The summed E-state index contributed by atoms with van der Waals surface area (Å²) in [7, 11) is 1.62. The van der Waals surface area contributed by atoms with Crippen molar-refractivity contribution in [2.24, 2.45) is 0 Å². The van der Waals surface area contributed by atoms with Gasteiger partial charge in [-0.3, -0.25) is 10.1 Å². The molecule has 0 aliphatic carbocycles. The van der Waals surface area contributed by atoms with Gasteiger partial charge in [0, 0.05) is 38.0 Å². The van der Waals surface area contributed by atoms with Gasteiger partial charge in [0.2, 0.25) is 0 Å². The third-order valence-electron chi connectivity index (χ3n) is 2.79. The van der Waals surface area contributed by atoms with Crippen LogP contribution in [0.5, 0.6) is 0 Å². The summed E-state index contributed by atoms with van der Waals surface area (Å²) in [5, 5.41) is 19.4. The largest absolute Gasteiger partial charge is 0.383 e. The van der Waals surface area contributed by atoms with E-state index in [0.29, 0.717) is 26.1 Å². The molecule has 0 unspecified atom stereocenters.